The van der Waals surface area contributed by atoms with Crippen molar-refractivity contribution in [2.45, 2.75) is 37.9 Å². The molecule has 1 N–H and O–H groups in total. The Hall–Kier alpha value is -1.08. The topological polar surface area (TPSA) is 39.1 Å². The number of likely N-dealkylation sites (tertiary alicyclic amines) is 1. The molecule has 1 atom stereocenters. The molecule has 1 heterocycles. The van der Waals surface area contributed by atoms with Crippen LogP contribution in [0.1, 0.15) is 30.4 Å². The molecule has 3 rings (SSSR count). The van der Waals surface area contributed by atoms with E-state index in [0.29, 0.717) is 16.6 Å². The maximum absolute atomic E-state index is 8.81. The lowest BCUT2D eigenvalue weighted by atomic mass is 10.1. The van der Waals surface area contributed by atoms with E-state index in [0.717, 1.165) is 18.2 Å². The molecule has 1 aromatic carbocycles. The van der Waals surface area contributed by atoms with Crippen molar-refractivity contribution in [3.63, 3.8) is 0 Å². The Balaban J connectivity index is 1.53. The van der Waals surface area contributed by atoms with Gasteiger partial charge in [-0.15, -0.1) is 0 Å². The average molecular weight is 276 g/mol. The molecular formula is C15H18ClN3. The Kier molecular flexibility index (Phi) is 3.74. The lowest BCUT2D eigenvalue weighted by Crippen LogP contribution is -2.32. The van der Waals surface area contributed by atoms with Gasteiger partial charge in [-0.05, 0) is 37.0 Å². The van der Waals surface area contributed by atoms with Crippen LogP contribution in [-0.2, 0) is 6.54 Å². The van der Waals surface area contributed by atoms with Crippen molar-refractivity contribution < 1.29 is 0 Å². The van der Waals surface area contributed by atoms with Crippen molar-refractivity contribution in [3.8, 4) is 6.07 Å². The van der Waals surface area contributed by atoms with E-state index < -0.39 is 0 Å². The smallest absolute Gasteiger partial charge is 0.0992 e. The van der Waals surface area contributed by atoms with Gasteiger partial charge >= 0.3 is 0 Å². The van der Waals surface area contributed by atoms with Crippen LogP contribution in [0.2, 0.25) is 5.02 Å². The van der Waals surface area contributed by atoms with Gasteiger partial charge in [-0.25, -0.2) is 0 Å². The lowest BCUT2D eigenvalue weighted by Gasteiger charge is -2.16. The fourth-order valence-corrected chi connectivity index (χ4v) is 2.99. The summed E-state index contributed by atoms with van der Waals surface area (Å²) in [6, 6.07) is 9.06. The summed E-state index contributed by atoms with van der Waals surface area (Å²) in [5.74, 6) is 0. The third-order valence-corrected chi connectivity index (χ3v) is 4.40. The number of nitriles is 1. The van der Waals surface area contributed by atoms with Crippen molar-refractivity contribution in [3.05, 3.63) is 34.3 Å². The van der Waals surface area contributed by atoms with E-state index >= 15 is 0 Å². The van der Waals surface area contributed by atoms with Crippen LogP contribution in [0.5, 0.6) is 0 Å². The molecule has 0 bridgehead atoms. The SMILES string of the molecule is N#Cc1ccc(CNC2CCN(C3CC3)C2)c(Cl)c1. The summed E-state index contributed by atoms with van der Waals surface area (Å²) < 4.78 is 0. The van der Waals surface area contributed by atoms with Gasteiger partial charge < -0.3 is 5.32 Å². The Morgan fingerprint density at radius 2 is 2.21 bits per heavy atom. The van der Waals surface area contributed by atoms with Gasteiger partial charge in [0.15, 0.2) is 0 Å². The first kappa shape index (κ1) is 12.9. The summed E-state index contributed by atoms with van der Waals surface area (Å²) >= 11 is 6.18. The lowest BCUT2D eigenvalue weighted by molar-refractivity contribution is 0.317. The number of benzene rings is 1. The van der Waals surface area contributed by atoms with Crippen molar-refractivity contribution >= 4 is 11.6 Å². The Morgan fingerprint density at radius 3 is 2.89 bits per heavy atom. The zero-order valence-electron chi connectivity index (χ0n) is 10.9. The maximum Gasteiger partial charge on any atom is 0.0992 e. The molecule has 2 aliphatic rings. The summed E-state index contributed by atoms with van der Waals surface area (Å²) in [5, 5.41) is 13.1. The standard InChI is InChI=1S/C15H18ClN3/c16-15-7-11(8-17)1-2-12(15)9-18-13-5-6-19(10-13)14-3-4-14/h1-2,7,13-14,18H,3-6,9-10H2. The predicted octanol–water partition coefficient (Wildman–Crippen LogP) is 2.54. The monoisotopic (exact) mass is 275 g/mol. The molecule has 1 aromatic rings. The van der Waals surface area contributed by atoms with Crippen LogP contribution < -0.4 is 5.32 Å². The van der Waals surface area contributed by atoms with Crippen LogP contribution in [-0.4, -0.2) is 30.1 Å². The highest BCUT2D eigenvalue weighted by Crippen LogP contribution is 2.30. The number of nitrogens with one attached hydrogen (secondary N) is 1. The molecule has 100 valence electrons. The summed E-state index contributed by atoms with van der Waals surface area (Å²) in [7, 11) is 0. The molecule has 1 saturated carbocycles. The van der Waals surface area contributed by atoms with E-state index in [-0.39, 0.29) is 0 Å². The minimum atomic E-state index is 0.576. The van der Waals surface area contributed by atoms with Gasteiger partial charge in [-0.3, -0.25) is 4.90 Å². The number of hydrogen-bond acceptors (Lipinski definition) is 3. The van der Waals surface area contributed by atoms with Gasteiger partial charge in [0, 0.05) is 36.7 Å². The fourth-order valence-electron chi connectivity index (χ4n) is 2.74. The Morgan fingerprint density at radius 1 is 1.37 bits per heavy atom. The molecule has 0 amide bonds. The molecule has 19 heavy (non-hydrogen) atoms. The van der Waals surface area contributed by atoms with E-state index in [1.807, 2.05) is 12.1 Å². The highest BCUT2D eigenvalue weighted by atomic mass is 35.5. The van der Waals surface area contributed by atoms with E-state index in [2.05, 4.69) is 16.3 Å². The number of halogens is 1. The van der Waals surface area contributed by atoms with Crippen molar-refractivity contribution in [1.82, 2.24) is 10.2 Å². The van der Waals surface area contributed by atoms with Crippen LogP contribution in [0, 0.1) is 11.3 Å². The molecule has 2 fully saturated rings. The summed E-state index contributed by atoms with van der Waals surface area (Å²) in [6.45, 7) is 3.18. The molecule has 4 heteroatoms. The zero-order chi connectivity index (χ0) is 13.2. The quantitative estimate of drug-likeness (QED) is 0.918. The molecule has 0 spiro atoms. The highest BCUT2D eigenvalue weighted by molar-refractivity contribution is 6.31. The van der Waals surface area contributed by atoms with E-state index in [4.69, 9.17) is 16.9 Å². The van der Waals surface area contributed by atoms with Crippen LogP contribution in [0.4, 0.5) is 0 Å². The molecule has 1 unspecified atom stereocenters. The van der Waals surface area contributed by atoms with E-state index in [1.54, 1.807) is 6.07 Å². The molecule has 0 radical (unpaired) electrons. The number of rotatable bonds is 4. The molecular weight excluding hydrogens is 258 g/mol. The normalized spacial score (nSPS) is 23.5. The van der Waals surface area contributed by atoms with Crippen LogP contribution in [0.3, 0.4) is 0 Å². The van der Waals surface area contributed by atoms with Gasteiger partial charge in [0.05, 0.1) is 11.6 Å². The first-order chi connectivity index (χ1) is 9.26. The second kappa shape index (κ2) is 5.50. The first-order valence-corrected chi connectivity index (χ1v) is 7.30. The molecule has 3 nitrogen and oxygen atoms in total. The van der Waals surface area contributed by atoms with Crippen molar-refractivity contribution in [2.75, 3.05) is 13.1 Å². The Bertz CT molecular complexity index is 505. The molecule has 1 aliphatic carbocycles. The minimum Gasteiger partial charge on any atom is -0.309 e. The van der Waals surface area contributed by atoms with Crippen LogP contribution in [0.25, 0.3) is 0 Å². The van der Waals surface area contributed by atoms with Gasteiger partial charge in [0.2, 0.25) is 0 Å². The van der Waals surface area contributed by atoms with Crippen LogP contribution >= 0.6 is 11.6 Å². The summed E-state index contributed by atoms with van der Waals surface area (Å²) in [6.07, 6.45) is 3.99. The fraction of sp³-hybridized carbons (Fsp3) is 0.533. The highest BCUT2D eigenvalue weighted by Gasteiger charge is 2.34. The van der Waals surface area contributed by atoms with Crippen molar-refractivity contribution in [1.29, 1.82) is 5.26 Å². The number of nitrogens with zero attached hydrogens (tertiary/aromatic N) is 2. The maximum atomic E-state index is 8.81. The summed E-state index contributed by atoms with van der Waals surface area (Å²) in [5.41, 5.74) is 1.69. The van der Waals surface area contributed by atoms with Gasteiger partial charge in [-0.1, -0.05) is 17.7 Å². The second-order valence-corrected chi connectivity index (χ2v) is 5.92. The predicted molar refractivity (Wildman–Crippen MR) is 76.0 cm³/mol. The van der Waals surface area contributed by atoms with Gasteiger partial charge in [0.1, 0.15) is 0 Å². The zero-order valence-corrected chi connectivity index (χ0v) is 11.7. The Labute approximate surface area is 119 Å². The molecule has 1 aliphatic heterocycles. The third-order valence-electron chi connectivity index (χ3n) is 4.05. The second-order valence-electron chi connectivity index (χ2n) is 5.51. The molecule has 1 saturated heterocycles. The van der Waals surface area contributed by atoms with E-state index in [1.165, 1.54) is 32.4 Å². The largest absolute Gasteiger partial charge is 0.309 e. The van der Waals surface area contributed by atoms with Crippen LogP contribution in [0.15, 0.2) is 18.2 Å². The van der Waals surface area contributed by atoms with E-state index in [9.17, 15) is 0 Å². The number of hydrogen-bond donors (Lipinski definition) is 1. The van der Waals surface area contributed by atoms with Gasteiger partial charge in [0.25, 0.3) is 0 Å². The first-order valence-electron chi connectivity index (χ1n) is 6.92. The van der Waals surface area contributed by atoms with Crippen molar-refractivity contribution in [2.24, 2.45) is 0 Å². The summed E-state index contributed by atoms with van der Waals surface area (Å²) in [4.78, 5) is 2.60. The minimum absolute atomic E-state index is 0.576. The third kappa shape index (κ3) is 3.09. The molecule has 0 aromatic heterocycles. The van der Waals surface area contributed by atoms with Gasteiger partial charge in [-0.2, -0.15) is 5.26 Å². The average Bonchev–Trinajstić information content (AvgIpc) is 3.17.